The lowest BCUT2D eigenvalue weighted by atomic mass is 10.3. The van der Waals surface area contributed by atoms with E-state index in [0.29, 0.717) is 12.5 Å². The van der Waals surface area contributed by atoms with Crippen LogP contribution in [0.5, 0.6) is 0 Å². The molecule has 114 valence electrons. The van der Waals surface area contributed by atoms with Gasteiger partial charge in [-0.1, -0.05) is 23.7 Å². The van der Waals surface area contributed by atoms with Gasteiger partial charge in [0.15, 0.2) is 0 Å². The molecule has 1 aromatic rings. The summed E-state index contributed by atoms with van der Waals surface area (Å²) in [5, 5.41) is 0.0631. The normalized spacial score (nSPS) is 17.0. The Morgan fingerprint density at radius 2 is 2.10 bits per heavy atom. The third kappa shape index (κ3) is 4.20. The first-order valence-corrected chi connectivity index (χ1v) is 8.31. The van der Waals surface area contributed by atoms with Crippen LogP contribution in [-0.2, 0) is 10.0 Å². The van der Waals surface area contributed by atoms with E-state index in [1.807, 2.05) is 0 Å². The minimum Gasteiger partial charge on any atom is -0.403 e. The number of benzene rings is 1. The van der Waals surface area contributed by atoms with Gasteiger partial charge in [0, 0.05) is 12.7 Å². The van der Waals surface area contributed by atoms with E-state index in [4.69, 9.17) is 23.1 Å². The maximum Gasteiger partial charge on any atom is 0.242 e. The first-order chi connectivity index (χ1) is 9.94. The van der Waals surface area contributed by atoms with Crippen molar-refractivity contribution in [1.82, 2.24) is 4.72 Å². The van der Waals surface area contributed by atoms with E-state index in [0.717, 1.165) is 19.0 Å². The van der Waals surface area contributed by atoms with E-state index in [2.05, 4.69) is 9.71 Å². The number of halogens is 1. The maximum atomic E-state index is 12.3. The maximum absolute atomic E-state index is 12.3. The van der Waals surface area contributed by atoms with Crippen LogP contribution >= 0.6 is 11.6 Å². The van der Waals surface area contributed by atoms with Crippen molar-refractivity contribution in [3.05, 3.63) is 35.5 Å². The predicted molar refractivity (Wildman–Crippen MR) is 83.8 cm³/mol. The molecule has 1 aliphatic rings. The minimum atomic E-state index is -3.63. The second-order valence-corrected chi connectivity index (χ2v) is 6.92. The van der Waals surface area contributed by atoms with Crippen LogP contribution < -0.4 is 16.2 Å². The zero-order valence-corrected chi connectivity index (χ0v) is 12.9. The fraction of sp³-hybridized carbons (Fsp3) is 0.308. The van der Waals surface area contributed by atoms with E-state index in [-0.39, 0.29) is 21.5 Å². The van der Waals surface area contributed by atoms with E-state index < -0.39 is 10.0 Å². The Labute approximate surface area is 128 Å². The molecule has 0 amide bonds. The lowest BCUT2D eigenvalue weighted by Gasteiger charge is -2.09. The quantitative estimate of drug-likeness (QED) is 0.541. The molecule has 0 atom stereocenters. The van der Waals surface area contributed by atoms with Gasteiger partial charge in [-0.05, 0) is 30.9 Å². The van der Waals surface area contributed by atoms with Gasteiger partial charge in [-0.15, -0.1) is 0 Å². The molecule has 21 heavy (non-hydrogen) atoms. The lowest BCUT2D eigenvalue weighted by molar-refractivity contribution is 0.577. The molecule has 0 heterocycles. The topological polar surface area (TPSA) is 111 Å². The molecule has 0 aliphatic heterocycles. The van der Waals surface area contributed by atoms with Gasteiger partial charge in [-0.3, -0.25) is 0 Å². The van der Waals surface area contributed by atoms with E-state index in [1.54, 1.807) is 18.2 Å². The highest BCUT2D eigenvalue weighted by atomic mass is 35.5. The largest absolute Gasteiger partial charge is 0.403 e. The number of amidine groups is 1. The van der Waals surface area contributed by atoms with Gasteiger partial charge in [0.05, 0.1) is 10.7 Å². The highest BCUT2D eigenvalue weighted by Crippen LogP contribution is 2.29. The van der Waals surface area contributed by atoms with Crippen molar-refractivity contribution in [2.45, 2.75) is 17.7 Å². The van der Waals surface area contributed by atoms with Crippen LogP contribution in [0.4, 0.5) is 5.69 Å². The highest BCUT2D eigenvalue weighted by molar-refractivity contribution is 7.89. The summed E-state index contributed by atoms with van der Waals surface area (Å²) in [6.45, 7) is 0.444. The second kappa shape index (κ2) is 6.46. The molecule has 2 rings (SSSR count). The number of rotatable bonds is 6. The number of hydrogen-bond acceptors (Lipinski definition) is 4. The fourth-order valence-corrected chi connectivity index (χ4v) is 2.97. The summed E-state index contributed by atoms with van der Waals surface area (Å²) in [5.74, 6) is 0.402. The van der Waals surface area contributed by atoms with E-state index in [1.165, 1.54) is 6.07 Å². The number of para-hydroxylation sites is 1. The fourth-order valence-electron chi connectivity index (χ4n) is 1.67. The Kier molecular flexibility index (Phi) is 4.87. The first-order valence-electron chi connectivity index (χ1n) is 6.44. The summed E-state index contributed by atoms with van der Waals surface area (Å²) < 4.78 is 27.2. The molecule has 0 saturated heterocycles. The van der Waals surface area contributed by atoms with E-state index >= 15 is 0 Å². The van der Waals surface area contributed by atoms with Crippen LogP contribution in [-0.4, -0.2) is 20.8 Å². The van der Waals surface area contributed by atoms with Crippen molar-refractivity contribution >= 4 is 33.1 Å². The third-order valence-electron chi connectivity index (χ3n) is 3.05. The molecule has 0 radical (unpaired) electrons. The number of aliphatic imine (C=N–C) groups is 1. The molecule has 1 fully saturated rings. The van der Waals surface area contributed by atoms with Crippen LogP contribution in [0.3, 0.4) is 0 Å². The van der Waals surface area contributed by atoms with Gasteiger partial charge < -0.3 is 11.5 Å². The molecule has 0 unspecified atom stereocenters. The second-order valence-electron chi connectivity index (χ2n) is 4.77. The Morgan fingerprint density at radius 3 is 2.71 bits per heavy atom. The Hall–Kier alpha value is -1.57. The molecule has 1 aromatic carbocycles. The van der Waals surface area contributed by atoms with Crippen molar-refractivity contribution < 1.29 is 8.42 Å². The first kappa shape index (κ1) is 15.8. The number of nitrogens with one attached hydrogen (secondary N) is 1. The van der Waals surface area contributed by atoms with Gasteiger partial charge in [-0.2, -0.15) is 0 Å². The van der Waals surface area contributed by atoms with Crippen molar-refractivity contribution in [3.8, 4) is 0 Å². The Bertz CT molecular complexity index is 681. The number of sulfonamides is 1. The van der Waals surface area contributed by atoms with Gasteiger partial charge in [0.25, 0.3) is 0 Å². The van der Waals surface area contributed by atoms with Gasteiger partial charge in [0.1, 0.15) is 10.7 Å². The highest BCUT2D eigenvalue weighted by Gasteiger charge is 2.25. The smallest absolute Gasteiger partial charge is 0.242 e. The van der Waals surface area contributed by atoms with Crippen LogP contribution in [0.25, 0.3) is 0 Å². The molecule has 5 N–H and O–H groups in total. The molecule has 8 heteroatoms. The molecule has 0 spiro atoms. The Balaban J connectivity index is 2.31. The van der Waals surface area contributed by atoms with Gasteiger partial charge in [-0.25, -0.2) is 18.1 Å². The molecular formula is C13H17ClN4O2S. The summed E-state index contributed by atoms with van der Waals surface area (Å²) in [7, 11) is -3.63. The lowest BCUT2D eigenvalue weighted by Crippen LogP contribution is -2.26. The molecule has 0 bridgehead atoms. The zero-order chi connectivity index (χ0) is 15.5. The average molecular weight is 329 g/mol. The SMILES string of the molecule is NC=C(Cl)C(N)=Nc1ccccc1S(=O)(=O)NCC1CC1. The van der Waals surface area contributed by atoms with Crippen LogP contribution in [0.15, 0.2) is 45.4 Å². The number of hydrogen-bond donors (Lipinski definition) is 3. The van der Waals surface area contributed by atoms with Crippen molar-refractivity contribution in [1.29, 1.82) is 0 Å². The summed E-state index contributed by atoms with van der Waals surface area (Å²) in [6.07, 6.45) is 3.22. The van der Waals surface area contributed by atoms with Gasteiger partial charge >= 0.3 is 0 Å². The molecular weight excluding hydrogens is 312 g/mol. The number of nitrogens with zero attached hydrogens (tertiary/aromatic N) is 1. The number of nitrogens with two attached hydrogens (primary N) is 2. The molecule has 1 saturated carbocycles. The molecule has 0 aromatic heterocycles. The predicted octanol–water partition coefficient (Wildman–Crippen LogP) is 1.40. The van der Waals surface area contributed by atoms with E-state index in [9.17, 15) is 8.42 Å². The Morgan fingerprint density at radius 1 is 1.43 bits per heavy atom. The third-order valence-corrected chi connectivity index (χ3v) is 4.84. The van der Waals surface area contributed by atoms with Crippen LogP contribution in [0.2, 0.25) is 0 Å². The van der Waals surface area contributed by atoms with Crippen molar-refractivity contribution in [3.63, 3.8) is 0 Å². The standard InChI is InChI=1S/C13H17ClN4O2S/c14-10(7-15)13(16)18-11-3-1-2-4-12(11)21(19,20)17-8-9-5-6-9/h1-4,7,9,17H,5-6,8,15H2,(H2,16,18). The zero-order valence-electron chi connectivity index (χ0n) is 11.3. The van der Waals surface area contributed by atoms with Crippen molar-refractivity contribution in [2.24, 2.45) is 22.4 Å². The van der Waals surface area contributed by atoms with Crippen LogP contribution in [0, 0.1) is 5.92 Å². The summed E-state index contributed by atoms with van der Waals surface area (Å²) in [6, 6.07) is 6.33. The molecule has 1 aliphatic carbocycles. The summed E-state index contributed by atoms with van der Waals surface area (Å²) in [4.78, 5) is 4.10. The monoisotopic (exact) mass is 328 g/mol. The van der Waals surface area contributed by atoms with Gasteiger partial charge in [0.2, 0.25) is 10.0 Å². The molecule has 6 nitrogen and oxygen atoms in total. The average Bonchev–Trinajstić information content (AvgIpc) is 3.29. The minimum absolute atomic E-state index is 0.0380. The van der Waals surface area contributed by atoms with Crippen molar-refractivity contribution in [2.75, 3.05) is 6.54 Å². The van der Waals surface area contributed by atoms with Crippen LogP contribution in [0.1, 0.15) is 12.8 Å². The summed E-state index contributed by atoms with van der Waals surface area (Å²) >= 11 is 5.76. The summed E-state index contributed by atoms with van der Waals surface area (Å²) in [5.41, 5.74) is 11.1.